The van der Waals surface area contributed by atoms with Crippen LogP contribution in [0.1, 0.15) is 19.8 Å². The van der Waals surface area contributed by atoms with Crippen molar-refractivity contribution in [3.63, 3.8) is 0 Å². The van der Waals surface area contributed by atoms with Gasteiger partial charge in [0, 0.05) is 0 Å². The normalized spacial score (nSPS) is 14.6. The van der Waals surface area contributed by atoms with Crippen molar-refractivity contribution in [2.24, 2.45) is 0 Å². The van der Waals surface area contributed by atoms with Crippen LogP contribution in [0.3, 0.4) is 0 Å². The predicted octanol–water partition coefficient (Wildman–Crippen LogP) is 6.61. The molecule has 0 amide bonds. The minimum atomic E-state index is -6.92. The van der Waals surface area contributed by atoms with E-state index in [0.717, 1.165) is 24.3 Å². The molecular weight excluding hydrogens is 442 g/mol. The van der Waals surface area contributed by atoms with Gasteiger partial charge in [-0.2, -0.15) is 0 Å². The van der Waals surface area contributed by atoms with Crippen molar-refractivity contribution in [1.82, 2.24) is 0 Å². The van der Waals surface area contributed by atoms with Crippen molar-refractivity contribution in [2.45, 2.75) is 43.5 Å². The minimum absolute atomic E-state index is 0.0563. The van der Waals surface area contributed by atoms with Crippen LogP contribution in [0.2, 0.25) is 0 Å². The molecule has 0 atom stereocenters. The molecule has 2 rings (SSSR count). The Morgan fingerprint density at radius 3 is 1.37 bits per heavy atom. The average molecular weight is 462 g/mol. The summed E-state index contributed by atoms with van der Waals surface area (Å²) in [6.45, 7) is 1.58. The number of rotatable bonds is 8. The number of halogens is 9. The van der Waals surface area contributed by atoms with Gasteiger partial charge in [0.25, 0.3) is 0 Å². The molecular formula is C20H20F9P. The molecule has 2 aromatic carbocycles. The van der Waals surface area contributed by atoms with Gasteiger partial charge in [0.15, 0.2) is 0 Å². The van der Waals surface area contributed by atoms with E-state index < -0.39 is 37.1 Å². The van der Waals surface area contributed by atoms with Crippen molar-refractivity contribution in [1.29, 1.82) is 0 Å². The molecule has 0 N–H and O–H groups in total. The molecule has 0 aliphatic carbocycles. The number of hydrogen-bond donors (Lipinski definition) is 0. The monoisotopic (exact) mass is 462 g/mol. The summed E-state index contributed by atoms with van der Waals surface area (Å²) in [5.41, 5.74) is -5.66. The Labute approximate surface area is 168 Å². The molecule has 0 nitrogen and oxygen atoms in total. The molecule has 30 heavy (non-hydrogen) atoms. The standard InChI is InChI=1S/C20H20F9P/c1-2-3-14-30(15-10-6-4-7-11-15,16-12-8-5-9-13-16)20(28,29)18(23,24)17(21,22)19(25,26)27/h4-13,30H,2-3,14H2,1H3. The van der Waals surface area contributed by atoms with Gasteiger partial charge in [0.05, 0.1) is 0 Å². The summed E-state index contributed by atoms with van der Waals surface area (Å²) in [6.07, 6.45) is -7.28. The van der Waals surface area contributed by atoms with E-state index in [9.17, 15) is 30.7 Å². The molecule has 0 aromatic heterocycles. The fraction of sp³-hybridized carbons (Fsp3) is 0.400. The molecule has 2 aromatic rings. The van der Waals surface area contributed by atoms with Crippen LogP contribution in [0, 0.1) is 0 Å². The molecule has 0 aliphatic heterocycles. The maximum absolute atomic E-state index is 15.6. The summed E-state index contributed by atoms with van der Waals surface area (Å²) in [4.78, 5) is 0. The van der Waals surface area contributed by atoms with Gasteiger partial charge >= 0.3 is 168 Å². The second-order valence-corrected chi connectivity index (χ2v) is 11.1. The van der Waals surface area contributed by atoms with E-state index in [4.69, 9.17) is 0 Å². The predicted molar refractivity (Wildman–Crippen MR) is 101 cm³/mol. The van der Waals surface area contributed by atoms with Crippen LogP contribution in [0.25, 0.3) is 0 Å². The first kappa shape index (κ1) is 24.5. The van der Waals surface area contributed by atoms with Crippen LogP contribution in [0.4, 0.5) is 39.5 Å². The van der Waals surface area contributed by atoms with Crippen molar-refractivity contribution in [3.05, 3.63) is 60.7 Å². The van der Waals surface area contributed by atoms with Gasteiger partial charge in [0.2, 0.25) is 0 Å². The molecule has 0 fully saturated rings. The van der Waals surface area contributed by atoms with E-state index in [-0.39, 0.29) is 23.5 Å². The summed E-state index contributed by atoms with van der Waals surface area (Å²) < 4.78 is 126. The average Bonchev–Trinajstić information content (AvgIpc) is 2.69. The van der Waals surface area contributed by atoms with Gasteiger partial charge in [-0.25, -0.2) is 0 Å². The van der Waals surface area contributed by atoms with Crippen molar-refractivity contribution in [3.8, 4) is 0 Å². The van der Waals surface area contributed by atoms with Crippen molar-refractivity contribution >= 4 is 17.9 Å². The van der Waals surface area contributed by atoms with E-state index in [1.165, 1.54) is 36.4 Å². The quantitative estimate of drug-likeness (QED) is 0.306. The molecule has 0 radical (unpaired) electrons. The van der Waals surface area contributed by atoms with E-state index >= 15 is 8.78 Å². The van der Waals surface area contributed by atoms with Crippen LogP contribution < -0.4 is 10.6 Å². The number of unbranched alkanes of at least 4 members (excludes halogenated alkanes) is 1. The Bertz CT molecular complexity index is 778. The molecule has 10 heteroatoms. The maximum atomic E-state index is 15.6. The molecule has 0 saturated carbocycles. The SMILES string of the molecule is CCCC[PH](c1ccccc1)(c1ccccc1)C(F)(F)C(F)(F)C(F)(F)C(F)(F)F. The summed E-state index contributed by atoms with van der Waals surface area (Å²) in [5.74, 6) is -13.6. The Morgan fingerprint density at radius 2 is 1.03 bits per heavy atom. The number of hydrogen-bond acceptors (Lipinski definition) is 0. The fourth-order valence-electron chi connectivity index (χ4n) is 3.51. The number of benzene rings is 2. The summed E-state index contributed by atoms with van der Waals surface area (Å²) in [6, 6.07) is 12.2. The zero-order valence-electron chi connectivity index (χ0n) is 15.8. The molecule has 0 aliphatic rings. The summed E-state index contributed by atoms with van der Waals surface area (Å²) in [7, 11) is -5.18. The zero-order chi connectivity index (χ0) is 22.8. The van der Waals surface area contributed by atoms with Gasteiger partial charge in [-0.05, 0) is 0 Å². The van der Waals surface area contributed by atoms with E-state index in [1.54, 1.807) is 6.92 Å². The Kier molecular flexibility index (Phi) is 6.87. The van der Waals surface area contributed by atoms with Crippen LogP contribution in [-0.4, -0.2) is 29.8 Å². The third-order valence-corrected chi connectivity index (χ3v) is 10.2. The second-order valence-electron chi connectivity index (χ2n) is 6.96. The van der Waals surface area contributed by atoms with E-state index in [0.29, 0.717) is 0 Å². The zero-order valence-corrected chi connectivity index (χ0v) is 16.8. The van der Waals surface area contributed by atoms with Gasteiger partial charge in [-0.1, -0.05) is 0 Å². The van der Waals surface area contributed by atoms with Crippen LogP contribution >= 0.6 is 7.26 Å². The molecule has 0 bridgehead atoms. The van der Waals surface area contributed by atoms with Gasteiger partial charge < -0.3 is 0 Å². The molecule has 0 heterocycles. The van der Waals surface area contributed by atoms with Gasteiger partial charge in [-0.15, -0.1) is 0 Å². The first-order chi connectivity index (χ1) is 13.8. The number of alkyl halides is 9. The molecule has 0 unspecified atom stereocenters. The Morgan fingerprint density at radius 1 is 0.633 bits per heavy atom. The van der Waals surface area contributed by atoms with Crippen LogP contribution in [0.5, 0.6) is 0 Å². The molecule has 0 saturated heterocycles. The summed E-state index contributed by atoms with van der Waals surface area (Å²) >= 11 is 0. The van der Waals surface area contributed by atoms with Crippen molar-refractivity contribution in [2.75, 3.05) is 6.16 Å². The van der Waals surface area contributed by atoms with Gasteiger partial charge in [0.1, 0.15) is 0 Å². The third kappa shape index (κ3) is 3.70. The first-order valence-corrected chi connectivity index (χ1v) is 11.3. The third-order valence-electron chi connectivity index (χ3n) is 5.12. The Hall–Kier alpha value is -1.76. The van der Waals surface area contributed by atoms with Gasteiger partial charge in [-0.3, -0.25) is 0 Å². The van der Waals surface area contributed by atoms with Crippen LogP contribution in [0.15, 0.2) is 60.7 Å². The van der Waals surface area contributed by atoms with E-state index in [2.05, 4.69) is 0 Å². The van der Waals surface area contributed by atoms with Crippen LogP contribution in [-0.2, 0) is 0 Å². The molecule has 0 spiro atoms. The van der Waals surface area contributed by atoms with E-state index in [1.807, 2.05) is 0 Å². The first-order valence-electron chi connectivity index (χ1n) is 9.08. The molecule has 168 valence electrons. The van der Waals surface area contributed by atoms with Crippen molar-refractivity contribution < 1.29 is 39.5 Å². The Balaban J connectivity index is 2.90. The fourth-order valence-corrected chi connectivity index (χ4v) is 8.55. The summed E-state index contributed by atoms with van der Waals surface area (Å²) in [5, 5.41) is -0.681. The topological polar surface area (TPSA) is 0 Å². The second kappa shape index (κ2) is 8.40.